The second-order valence-corrected chi connectivity index (χ2v) is 12.1. The maximum absolute atomic E-state index is 2.43. The van der Waals surface area contributed by atoms with Gasteiger partial charge >= 0.3 is 0 Å². The lowest BCUT2D eigenvalue weighted by Crippen LogP contribution is -1.87. The number of fused-ring (bicyclic) bond motifs is 11. The molecule has 172 valence electrons. The topological polar surface area (TPSA) is 0 Å². The summed E-state index contributed by atoms with van der Waals surface area (Å²) in [5.74, 6) is 0. The molecule has 37 heavy (non-hydrogen) atoms. The number of hydrogen-bond acceptors (Lipinski definition) is 2. The molecular formula is C35H20S2. The van der Waals surface area contributed by atoms with Crippen molar-refractivity contribution in [2.45, 2.75) is 6.42 Å². The SMILES string of the molecule is c1ccc2c(c1)Cc1ccc(-c3cc4cc5sccc5cc4c4c3ccc3c5ccccc5sc34)cc1-2. The summed E-state index contributed by atoms with van der Waals surface area (Å²) < 4.78 is 4.10. The number of hydrogen-bond donors (Lipinski definition) is 0. The highest BCUT2D eigenvalue weighted by Crippen LogP contribution is 2.46. The summed E-state index contributed by atoms with van der Waals surface area (Å²) in [6, 6.07) is 39.0. The second kappa shape index (κ2) is 7.29. The van der Waals surface area contributed by atoms with E-state index in [1.807, 2.05) is 22.7 Å². The van der Waals surface area contributed by atoms with E-state index >= 15 is 0 Å². The molecule has 0 aliphatic heterocycles. The normalized spacial score (nSPS) is 12.8. The van der Waals surface area contributed by atoms with E-state index in [0.717, 1.165) is 6.42 Å². The summed E-state index contributed by atoms with van der Waals surface area (Å²) in [5, 5.41) is 11.7. The van der Waals surface area contributed by atoms with Gasteiger partial charge in [-0.1, -0.05) is 66.7 Å². The highest BCUT2D eigenvalue weighted by molar-refractivity contribution is 7.26. The van der Waals surface area contributed by atoms with Crippen LogP contribution in [-0.2, 0) is 6.42 Å². The molecule has 0 radical (unpaired) electrons. The summed E-state index contributed by atoms with van der Waals surface area (Å²) >= 11 is 3.76. The van der Waals surface area contributed by atoms with Crippen LogP contribution in [-0.4, -0.2) is 0 Å². The Kier molecular flexibility index (Phi) is 3.96. The molecule has 0 saturated carbocycles. The van der Waals surface area contributed by atoms with Crippen LogP contribution in [0.25, 0.3) is 74.1 Å². The molecule has 0 saturated heterocycles. The highest BCUT2D eigenvalue weighted by Gasteiger charge is 2.20. The zero-order chi connectivity index (χ0) is 24.1. The summed E-state index contributed by atoms with van der Waals surface area (Å²) in [5.41, 5.74) is 8.26. The Bertz CT molecular complexity index is 2220. The highest BCUT2D eigenvalue weighted by atomic mass is 32.1. The van der Waals surface area contributed by atoms with Crippen LogP contribution in [0.1, 0.15) is 11.1 Å². The van der Waals surface area contributed by atoms with Gasteiger partial charge in [0, 0.05) is 30.3 Å². The smallest absolute Gasteiger partial charge is 0.0440 e. The van der Waals surface area contributed by atoms with Gasteiger partial charge in [0.1, 0.15) is 0 Å². The molecule has 0 fully saturated rings. The first-order valence-corrected chi connectivity index (χ1v) is 14.4. The molecule has 0 spiro atoms. The molecule has 0 amide bonds. The molecule has 2 heteroatoms. The van der Waals surface area contributed by atoms with Crippen LogP contribution in [0, 0.1) is 0 Å². The standard InChI is InChI=1S/C35H20S2/c1-2-6-25-20(5-1)15-21-9-10-22(16-29(21)25)30-18-24-19-33-23(13-14-36-33)17-31(24)34-27(30)11-12-28-26-7-3-4-8-32(26)37-35(28)34/h1-14,16-19H,15H2. The van der Waals surface area contributed by atoms with Gasteiger partial charge in [-0.25, -0.2) is 0 Å². The average molecular weight is 505 g/mol. The van der Waals surface area contributed by atoms with Crippen molar-refractivity contribution in [2.75, 3.05) is 0 Å². The van der Waals surface area contributed by atoms with E-state index in [4.69, 9.17) is 0 Å². The molecule has 8 aromatic rings. The van der Waals surface area contributed by atoms with Gasteiger partial charge in [0.2, 0.25) is 0 Å². The molecule has 6 aromatic carbocycles. The Morgan fingerprint density at radius 1 is 0.514 bits per heavy atom. The predicted molar refractivity (Wildman–Crippen MR) is 163 cm³/mol. The van der Waals surface area contributed by atoms with Crippen LogP contribution in [0.5, 0.6) is 0 Å². The van der Waals surface area contributed by atoms with Crippen molar-refractivity contribution in [3.63, 3.8) is 0 Å². The fourth-order valence-corrected chi connectivity index (χ4v) is 8.49. The van der Waals surface area contributed by atoms with Crippen molar-refractivity contribution in [3.8, 4) is 22.3 Å². The summed E-state index contributed by atoms with van der Waals surface area (Å²) in [4.78, 5) is 0. The summed E-state index contributed by atoms with van der Waals surface area (Å²) in [7, 11) is 0. The lowest BCUT2D eigenvalue weighted by Gasteiger charge is -2.14. The Morgan fingerprint density at radius 2 is 1.38 bits per heavy atom. The quantitative estimate of drug-likeness (QED) is 0.195. The Morgan fingerprint density at radius 3 is 2.38 bits per heavy atom. The van der Waals surface area contributed by atoms with Crippen LogP contribution in [0.2, 0.25) is 0 Å². The minimum atomic E-state index is 1.03. The zero-order valence-corrected chi connectivity index (χ0v) is 21.5. The van der Waals surface area contributed by atoms with Gasteiger partial charge < -0.3 is 0 Å². The van der Waals surface area contributed by atoms with Gasteiger partial charge in [0.25, 0.3) is 0 Å². The van der Waals surface area contributed by atoms with E-state index in [2.05, 4.69) is 109 Å². The molecule has 1 aliphatic rings. The van der Waals surface area contributed by atoms with Crippen molar-refractivity contribution >= 4 is 74.5 Å². The lowest BCUT2D eigenvalue weighted by atomic mass is 9.90. The summed E-state index contributed by atoms with van der Waals surface area (Å²) in [6.07, 6.45) is 1.03. The third kappa shape index (κ3) is 2.77. The maximum atomic E-state index is 2.43. The van der Waals surface area contributed by atoms with E-state index < -0.39 is 0 Å². The Balaban J connectivity index is 1.43. The fourth-order valence-electron chi connectivity index (χ4n) is 6.41. The van der Waals surface area contributed by atoms with Crippen LogP contribution in [0.15, 0.2) is 109 Å². The van der Waals surface area contributed by atoms with E-state index in [0.29, 0.717) is 0 Å². The minimum Gasteiger partial charge on any atom is -0.144 e. The predicted octanol–water partition coefficient (Wildman–Crippen LogP) is 10.8. The molecule has 2 aromatic heterocycles. The van der Waals surface area contributed by atoms with Crippen molar-refractivity contribution in [1.82, 2.24) is 0 Å². The molecular weight excluding hydrogens is 485 g/mol. The second-order valence-electron chi connectivity index (χ2n) is 10.1. The van der Waals surface area contributed by atoms with Crippen molar-refractivity contribution in [1.29, 1.82) is 0 Å². The van der Waals surface area contributed by atoms with Gasteiger partial charge in [0.05, 0.1) is 0 Å². The van der Waals surface area contributed by atoms with Crippen LogP contribution >= 0.6 is 22.7 Å². The average Bonchev–Trinajstić information content (AvgIpc) is 3.65. The van der Waals surface area contributed by atoms with Crippen LogP contribution < -0.4 is 0 Å². The third-order valence-corrected chi connectivity index (χ3v) is 10.2. The Labute approximate surface area is 222 Å². The monoisotopic (exact) mass is 504 g/mol. The molecule has 2 heterocycles. The molecule has 1 aliphatic carbocycles. The zero-order valence-electron chi connectivity index (χ0n) is 19.9. The summed E-state index contributed by atoms with van der Waals surface area (Å²) in [6.45, 7) is 0. The number of benzene rings is 6. The van der Waals surface area contributed by atoms with E-state index in [1.54, 1.807) is 0 Å². The van der Waals surface area contributed by atoms with Gasteiger partial charge in [-0.3, -0.25) is 0 Å². The first-order chi connectivity index (χ1) is 18.3. The molecule has 0 nitrogen and oxygen atoms in total. The largest absolute Gasteiger partial charge is 0.144 e. The van der Waals surface area contributed by atoms with Gasteiger partial charge in [0.15, 0.2) is 0 Å². The lowest BCUT2D eigenvalue weighted by molar-refractivity contribution is 1.26. The van der Waals surface area contributed by atoms with E-state index in [1.165, 1.54) is 85.2 Å². The van der Waals surface area contributed by atoms with Gasteiger partial charge in [-0.15, -0.1) is 22.7 Å². The Hall–Kier alpha value is -3.98. The molecule has 0 N–H and O–H groups in total. The number of rotatable bonds is 1. The van der Waals surface area contributed by atoms with Crippen molar-refractivity contribution < 1.29 is 0 Å². The first-order valence-electron chi connectivity index (χ1n) is 12.7. The minimum absolute atomic E-state index is 1.03. The molecule has 0 unspecified atom stereocenters. The molecule has 0 atom stereocenters. The van der Waals surface area contributed by atoms with Gasteiger partial charge in [-0.05, 0) is 103 Å². The van der Waals surface area contributed by atoms with Crippen LogP contribution in [0.4, 0.5) is 0 Å². The first kappa shape index (κ1) is 20.1. The van der Waals surface area contributed by atoms with E-state index in [-0.39, 0.29) is 0 Å². The molecule has 0 bridgehead atoms. The fraction of sp³-hybridized carbons (Fsp3) is 0.0286. The third-order valence-electron chi connectivity index (χ3n) is 8.14. The maximum Gasteiger partial charge on any atom is 0.0440 e. The molecule has 9 rings (SSSR count). The van der Waals surface area contributed by atoms with Crippen molar-refractivity contribution in [3.05, 3.63) is 120 Å². The van der Waals surface area contributed by atoms with Gasteiger partial charge in [-0.2, -0.15) is 0 Å². The number of thiophene rings is 2. The van der Waals surface area contributed by atoms with Crippen molar-refractivity contribution in [2.24, 2.45) is 0 Å². The van der Waals surface area contributed by atoms with E-state index in [9.17, 15) is 0 Å². The van der Waals surface area contributed by atoms with Crippen LogP contribution in [0.3, 0.4) is 0 Å².